The highest BCUT2D eigenvalue weighted by atomic mass is 32.1. The summed E-state index contributed by atoms with van der Waals surface area (Å²) in [5, 5.41) is 2.57. The number of carbonyl (C=O) groups excluding carboxylic acids is 1. The van der Waals surface area contributed by atoms with Crippen molar-refractivity contribution in [3.63, 3.8) is 0 Å². The molecule has 2 aromatic heterocycles. The molecule has 1 aliphatic rings. The summed E-state index contributed by atoms with van der Waals surface area (Å²) >= 11 is 1.46. The standard InChI is InChI=1S/C21H23N3O2S/c1-2-10-23(11-15-8-9-15)18(25)12-24-14-22-20-19(21(24)26)17(13-27-20)16-6-4-3-5-7-16/h3-7,13-15H,2,8-12H2,1H3. The zero-order valence-corrected chi connectivity index (χ0v) is 16.2. The first-order valence-electron chi connectivity index (χ1n) is 9.47. The lowest BCUT2D eigenvalue weighted by molar-refractivity contribution is -0.132. The Morgan fingerprint density at radius 1 is 1.30 bits per heavy atom. The van der Waals surface area contributed by atoms with Gasteiger partial charge in [-0.3, -0.25) is 14.2 Å². The van der Waals surface area contributed by atoms with Crippen molar-refractivity contribution in [1.29, 1.82) is 0 Å². The van der Waals surface area contributed by atoms with Crippen LogP contribution in [0, 0.1) is 5.92 Å². The summed E-state index contributed by atoms with van der Waals surface area (Å²) in [4.78, 5) is 32.9. The number of hydrogen-bond donors (Lipinski definition) is 0. The van der Waals surface area contributed by atoms with E-state index in [0.29, 0.717) is 16.1 Å². The Balaban J connectivity index is 1.65. The van der Waals surface area contributed by atoms with Crippen molar-refractivity contribution in [2.75, 3.05) is 13.1 Å². The number of benzene rings is 1. The van der Waals surface area contributed by atoms with Crippen LogP contribution in [0.2, 0.25) is 0 Å². The Morgan fingerprint density at radius 2 is 2.07 bits per heavy atom. The number of fused-ring (bicyclic) bond motifs is 1. The molecule has 1 aromatic carbocycles. The highest BCUT2D eigenvalue weighted by Crippen LogP contribution is 2.31. The fourth-order valence-corrected chi connectivity index (χ4v) is 4.26. The van der Waals surface area contributed by atoms with Crippen LogP contribution in [0.3, 0.4) is 0 Å². The van der Waals surface area contributed by atoms with Crippen LogP contribution in [0.25, 0.3) is 21.3 Å². The summed E-state index contributed by atoms with van der Waals surface area (Å²) in [7, 11) is 0. The van der Waals surface area contributed by atoms with Crippen molar-refractivity contribution in [3.05, 3.63) is 52.4 Å². The molecular formula is C21H23N3O2S. The lowest BCUT2D eigenvalue weighted by Crippen LogP contribution is -2.38. The Kier molecular flexibility index (Phi) is 5.07. The van der Waals surface area contributed by atoms with E-state index in [1.807, 2.05) is 40.6 Å². The predicted molar refractivity (Wildman–Crippen MR) is 109 cm³/mol. The Hall–Kier alpha value is -2.47. The van der Waals surface area contributed by atoms with Gasteiger partial charge in [-0.1, -0.05) is 37.3 Å². The number of nitrogens with zero attached hydrogens (tertiary/aromatic N) is 3. The molecule has 0 N–H and O–H groups in total. The third-order valence-corrected chi connectivity index (χ3v) is 5.86. The Morgan fingerprint density at radius 3 is 2.78 bits per heavy atom. The van der Waals surface area contributed by atoms with E-state index in [4.69, 9.17) is 0 Å². The highest BCUT2D eigenvalue weighted by molar-refractivity contribution is 7.17. The smallest absolute Gasteiger partial charge is 0.263 e. The van der Waals surface area contributed by atoms with Gasteiger partial charge in [0.2, 0.25) is 5.91 Å². The number of hydrogen-bond acceptors (Lipinski definition) is 4. The van der Waals surface area contributed by atoms with Gasteiger partial charge in [0, 0.05) is 24.0 Å². The van der Waals surface area contributed by atoms with Crippen LogP contribution < -0.4 is 5.56 Å². The second-order valence-corrected chi connectivity index (χ2v) is 8.01. The largest absolute Gasteiger partial charge is 0.341 e. The maximum atomic E-state index is 13.1. The minimum atomic E-state index is -0.142. The van der Waals surface area contributed by atoms with E-state index in [1.54, 1.807) is 0 Å². The van der Waals surface area contributed by atoms with Crippen LogP contribution in [0.15, 0.2) is 46.8 Å². The molecule has 0 aliphatic heterocycles. The van der Waals surface area contributed by atoms with E-state index in [2.05, 4.69) is 11.9 Å². The topological polar surface area (TPSA) is 55.2 Å². The van der Waals surface area contributed by atoms with Crippen LogP contribution in [0.1, 0.15) is 26.2 Å². The number of rotatable bonds is 7. The molecule has 5 nitrogen and oxygen atoms in total. The number of thiophene rings is 1. The van der Waals surface area contributed by atoms with Gasteiger partial charge in [-0.15, -0.1) is 11.3 Å². The zero-order valence-electron chi connectivity index (χ0n) is 15.4. The minimum absolute atomic E-state index is 0.00323. The van der Waals surface area contributed by atoms with Crippen molar-refractivity contribution in [3.8, 4) is 11.1 Å². The molecule has 4 rings (SSSR count). The minimum Gasteiger partial charge on any atom is -0.341 e. The maximum absolute atomic E-state index is 13.1. The summed E-state index contributed by atoms with van der Waals surface area (Å²) in [6.45, 7) is 3.68. The summed E-state index contributed by atoms with van der Waals surface area (Å²) < 4.78 is 1.46. The van der Waals surface area contributed by atoms with Crippen molar-refractivity contribution in [2.24, 2.45) is 5.92 Å². The summed E-state index contributed by atoms with van der Waals surface area (Å²) in [6, 6.07) is 9.84. The van der Waals surface area contributed by atoms with Gasteiger partial charge in [0.05, 0.1) is 11.7 Å². The van der Waals surface area contributed by atoms with Crippen LogP contribution in [0.4, 0.5) is 0 Å². The van der Waals surface area contributed by atoms with E-state index in [1.165, 1.54) is 35.1 Å². The maximum Gasteiger partial charge on any atom is 0.263 e. The summed E-state index contributed by atoms with van der Waals surface area (Å²) in [6.07, 6.45) is 4.84. The van der Waals surface area contributed by atoms with Gasteiger partial charge in [-0.2, -0.15) is 0 Å². The number of amides is 1. The molecule has 6 heteroatoms. The van der Waals surface area contributed by atoms with Gasteiger partial charge in [-0.05, 0) is 30.7 Å². The highest BCUT2D eigenvalue weighted by Gasteiger charge is 2.26. The lowest BCUT2D eigenvalue weighted by Gasteiger charge is -2.22. The predicted octanol–water partition coefficient (Wildman–Crippen LogP) is 3.77. The molecular weight excluding hydrogens is 358 g/mol. The molecule has 1 aliphatic carbocycles. The monoisotopic (exact) mass is 381 g/mol. The molecule has 27 heavy (non-hydrogen) atoms. The Bertz CT molecular complexity index is 1010. The second kappa shape index (κ2) is 7.64. The van der Waals surface area contributed by atoms with Crippen LogP contribution in [-0.2, 0) is 11.3 Å². The molecule has 140 valence electrons. The van der Waals surface area contributed by atoms with E-state index in [-0.39, 0.29) is 18.0 Å². The molecule has 0 saturated heterocycles. The molecule has 0 atom stereocenters. The first-order valence-corrected chi connectivity index (χ1v) is 10.3. The zero-order chi connectivity index (χ0) is 18.8. The molecule has 0 bridgehead atoms. The van der Waals surface area contributed by atoms with Gasteiger partial charge >= 0.3 is 0 Å². The lowest BCUT2D eigenvalue weighted by atomic mass is 10.1. The molecule has 1 saturated carbocycles. The number of aromatic nitrogens is 2. The van der Waals surface area contributed by atoms with Crippen molar-refractivity contribution in [1.82, 2.24) is 14.5 Å². The molecule has 0 spiro atoms. The fourth-order valence-electron chi connectivity index (χ4n) is 3.36. The average molecular weight is 382 g/mol. The molecule has 1 amide bonds. The molecule has 1 fully saturated rings. The average Bonchev–Trinajstić information content (AvgIpc) is 3.40. The molecule has 3 aromatic rings. The fraction of sp³-hybridized carbons (Fsp3) is 0.381. The van der Waals surface area contributed by atoms with Crippen LogP contribution >= 0.6 is 11.3 Å². The Labute approximate surface area is 162 Å². The molecule has 0 unspecified atom stereocenters. The number of carbonyl (C=O) groups is 1. The van der Waals surface area contributed by atoms with Gasteiger partial charge in [0.25, 0.3) is 5.56 Å². The van der Waals surface area contributed by atoms with Gasteiger partial charge in [-0.25, -0.2) is 4.98 Å². The van der Waals surface area contributed by atoms with Crippen LogP contribution in [0.5, 0.6) is 0 Å². The van der Waals surface area contributed by atoms with Crippen molar-refractivity contribution < 1.29 is 4.79 Å². The third kappa shape index (κ3) is 3.81. The molecule has 0 radical (unpaired) electrons. The van der Waals surface area contributed by atoms with Crippen molar-refractivity contribution in [2.45, 2.75) is 32.7 Å². The molecule has 2 heterocycles. The third-order valence-electron chi connectivity index (χ3n) is 4.97. The van der Waals surface area contributed by atoms with E-state index in [0.717, 1.165) is 30.6 Å². The van der Waals surface area contributed by atoms with Crippen LogP contribution in [-0.4, -0.2) is 33.4 Å². The van der Waals surface area contributed by atoms with Gasteiger partial charge in [0.1, 0.15) is 11.4 Å². The van der Waals surface area contributed by atoms with Gasteiger partial charge < -0.3 is 4.90 Å². The van der Waals surface area contributed by atoms with Gasteiger partial charge in [0.15, 0.2) is 0 Å². The first-order chi connectivity index (χ1) is 13.2. The summed E-state index contributed by atoms with van der Waals surface area (Å²) in [5.74, 6) is 0.642. The first kappa shape index (κ1) is 17.9. The normalized spacial score (nSPS) is 13.8. The summed E-state index contributed by atoms with van der Waals surface area (Å²) in [5.41, 5.74) is 1.74. The van der Waals surface area contributed by atoms with E-state index >= 15 is 0 Å². The van der Waals surface area contributed by atoms with Crippen molar-refractivity contribution >= 4 is 27.5 Å². The second-order valence-electron chi connectivity index (χ2n) is 7.16. The quantitative estimate of drug-likeness (QED) is 0.626. The SMILES string of the molecule is CCCN(CC1CC1)C(=O)Cn1cnc2scc(-c3ccccc3)c2c1=O. The van der Waals surface area contributed by atoms with E-state index < -0.39 is 0 Å². The van der Waals surface area contributed by atoms with E-state index in [9.17, 15) is 9.59 Å².